The fourth-order valence-corrected chi connectivity index (χ4v) is 2.66. The Labute approximate surface area is 127 Å². The Hall–Kier alpha value is -1.78. The van der Waals surface area contributed by atoms with Crippen LogP contribution in [0, 0.1) is 0 Å². The number of benzene rings is 1. The third-order valence-corrected chi connectivity index (χ3v) is 4.21. The van der Waals surface area contributed by atoms with E-state index in [1.165, 1.54) is 6.26 Å². The van der Waals surface area contributed by atoms with E-state index in [4.69, 9.17) is 16.0 Å². The molecule has 1 amide bonds. The fourth-order valence-electron chi connectivity index (χ4n) is 2.53. The molecule has 110 valence electrons. The predicted molar refractivity (Wildman–Crippen MR) is 79.0 cm³/mol. The van der Waals surface area contributed by atoms with Crippen molar-refractivity contribution in [1.29, 1.82) is 0 Å². The summed E-state index contributed by atoms with van der Waals surface area (Å²) in [6, 6.07) is 10.3. The van der Waals surface area contributed by atoms with Gasteiger partial charge in [0.1, 0.15) is 11.8 Å². The van der Waals surface area contributed by atoms with E-state index in [1.54, 1.807) is 24.3 Å². The van der Waals surface area contributed by atoms with E-state index < -0.39 is 11.5 Å². The van der Waals surface area contributed by atoms with E-state index in [0.29, 0.717) is 10.8 Å². The first-order valence-corrected chi connectivity index (χ1v) is 7.25. The fraction of sp³-hybridized carbons (Fsp3) is 0.312. The molecule has 1 aliphatic carbocycles. The van der Waals surface area contributed by atoms with Gasteiger partial charge < -0.3 is 14.8 Å². The van der Waals surface area contributed by atoms with Gasteiger partial charge >= 0.3 is 0 Å². The van der Waals surface area contributed by atoms with Crippen molar-refractivity contribution in [3.63, 3.8) is 0 Å². The summed E-state index contributed by atoms with van der Waals surface area (Å²) in [4.78, 5) is 12.6. The zero-order valence-electron chi connectivity index (χ0n) is 11.4. The zero-order valence-corrected chi connectivity index (χ0v) is 12.1. The lowest BCUT2D eigenvalue weighted by atomic mass is 9.94. The average Bonchev–Trinajstić information content (AvgIpc) is 3.13. The molecule has 1 saturated carbocycles. The molecule has 1 aliphatic rings. The summed E-state index contributed by atoms with van der Waals surface area (Å²) in [6.07, 6.45) is 3.13. The first-order chi connectivity index (χ1) is 10.2. The highest BCUT2D eigenvalue weighted by Crippen LogP contribution is 2.48. The quantitative estimate of drug-likeness (QED) is 0.893. The van der Waals surface area contributed by atoms with Crippen LogP contribution in [0.25, 0.3) is 0 Å². The first-order valence-electron chi connectivity index (χ1n) is 6.87. The minimum Gasteiger partial charge on any atom is -0.467 e. The first kappa shape index (κ1) is 14.2. The molecule has 1 fully saturated rings. The Kier molecular flexibility index (Phi) is 3.74. The summed E-state index contributed by atoms with van der Waals surface area (Å²) in [5, 5.41) is 13.0. The number of amides is 1. The summed E-state index contributed by atoms with van der Waals surface area (Å²) in [7, 11) is 0. The van der Waals surface area contributed by atoms with Crippen molar-refractivity contribution in [3.05, 3.63) is 59.0 Å². The molecule has 2 aromatic rings. The standard InChI is InChI=1S/C16H16ClNO3/c17-12-5-3-11(4-6-12)16(7-8-16)15(20)18-13(10-19)14-2-1-9-21-14/h1-6,9,13,19H,7-8,10H2,(H,18,20). The summed E-state index contributed by atoms with van der Waals surface area (Å²) in [6.45, 7) is -0.198. The zero-order chi connectivity index (χ0) is 14.9. The SMILES string of the molecule is O=C(NC(CO)c1ccco1)C1(c2ccc(Cl)cc2)CC1. The van der Waals surface area contributed by atoms with Crippen molar-refractivity contribution in [2.45, 2.75) is 24.3 Å². The normalized spacial score (nSPS) is 17.2. The molecule has 3 rings (SSSR count). The van der Waals surface area contributed by atoms with Crippen LogP contribution in [-0.2, 0) is 10.2 Å². The number of halogens is 1. The second-order valence-electron chi connectivity index (χ2n) is 5.31. The van der Waals surface area contributed by atoms with Crippen LogP contribution in [0.4, 0.5) is 0 Å². The van der Waals surface area contributed by atoms with E-state index in [-0.39, 0.29) is 12.5 Å². The minimum absolute atomic E-state index is 0.0831. The Morgan fingerprint density at radius 1 is 1.33 bits per heavy atom. The van der Waals surface area contributed by atoms with Crippen LogP contribution in [0.1, 0.15) is 30.2 Å². The van der Waals surface area contributed by atoms with Crippen molar-refractivity contribution in [2.24, 2.45) is 0 Å². The van der Waals surface area contributed by atoms with E-state index in [2.05, 4.69) is 5.32 Å². The number of hydrogen-bond acceptors (Lipinski definition) is 3. The number of aliphatic hydroxyl groups excluding tert-OH is 1. The number of hydrogen-bond donors (Lipinski definition) is 2. The van der Waals surface area contributed by atoms with Gasteiger partial charge in [-0.3, -0.25) is 4.79 Å². The molecule has 1 aromatic heterocycles. The third kappa shape index (κ3) is 2.69. The Balaban J connectivity index is 1.77. The number of furan rings is 1. The number of aliphatic hydroxyl groups is 1. The van der Waals surface area contributed by atoms with Crippen molar-refractivity contribution in [3.8, 4) is 0 Å². The number of nitrogens with one attached hydrogen (secondary N) is 1. The smallest absolute Gasteiger partial charge is 0.231 e. The maximum absolute atomic E-state index is 12.6. The van der Waals surface area contributed by atoms with Gasteiger partial charge in [-0.25, -0.2) is 0 Å². The molecule has 0 bridgehead atoms. The highest BCUT2D eigenvalue weighted by molar-refractivity contribution is 6.30. The van der Waals surface area contributed by atoms with Gasteiger partial charge in [0, 0.05) is 5.02 Å². The third-order valence-electron chi connectivity index (χ3n) is 3.96. The van der Waals surface area contributed by atoms with Crippen molar-refractivity contribution < 1.29 is 14.3 Å². The monoisotopic (exact) mass is 305 g/mol. The lowest BCUT2D eigenvalue weighted by Gasteiger charge is -2.20. The second kappa shape index (κ2) is 5.54. The Morgan fingerprint density at radius 3 is 2.57 bits per heavy atom. The molecule has 1 heterocycles. The predicted octanol–water partition coefficient (Wildman–Crippen LogP) is 2.81. The lowest BCUT2D eigenvalue weighted by molar-refractivity contribution is -0.124. The molecule has 4 nitrogen and oxygen atoms in total. The highest BCUT2D eigenvalue weighted by atomic mass is 35.5. The van der Waals surface area contributed by atoms with Crippen molar-refractivity contribution in [1.82, 2.24) is 5.32 Å². The summed E-state index contributed by atoms with van der Waals surface area (Å²) in [5.74, 6) is 0.470. The molecule has 0 spiro atoms. The van der Waals surface area contributed by atoms with Crippen LogP contribution in [0.15, 0.2) is 47.1 Å². The molecule has 21 heavy (non-hydrogen) atoms. The molecule has 1 atom stereocenters. The highest BCUT2D eigenvalue weighted by Gasteiger charge is 2.51. The minimum atomic E-state index is -0.516. The van der Waals surface area contributed by atoms with Crippen molar-refractivity contribution >= 4 is 17.5 Å². The number of carbonyl (C=O) groups excluding carboxylic acids is 1. The topological polar surface area (TPSA) is 62.5 Å². The van der Waals surface area contributed by atoms with E-state index in [9.17, 15) is 9.90 Å². The molecule has 1 aromatic carbocycles. The maximum Gasteiger partial charge on any atom is 0.231 e. The summed E-state index contributed by atoms with van der Waals surface area (Å²) in [5.41, 5.74) is 0.463. The van der Waals surface area contributed by atoms with E-state index >= 15 is 0 Å². The number of rotatable bonds is 5. The average molecular weight is 306 g/mol. The Morgan fingerprint density at radius 2 is 2.05 bits per heavy atom. The second-order valence-corrected chi connectivity index (χ2v) is 5.75. The van der Waals surface area contributed by atoms with Gasteiger partial charge in [-0.1, -0.05) is 23.7 Å². The van der Waals surface area contributed by atoms with E-state index in [1.807, 2.05) is 12.1 Å². The molecule has 2 N–H and O–H groups in total. The molecule has 5 heteroatoms. The van der Waals surface area contributed by atoms with Crippen LogP contribution >= 0.6 is 11.6 Å². The molecule has 0 radical (unpaired) electrons. The largest absolute Gasteiger partial charge is 0.467 e. The van der Waals surface area contributed by atoms with Crippen LogP contribution in [-0.4, -0.2) is 17.6 Å². The number of carbonyl (C=O) groups is 1. The summed E-state index contributed by atoms with van der Waals surface area (Å²) >= 11 is 5.89. The van der Waals surface area contributed by atoms with Gasteiger partial charge in [0.05, 0.1) is 18.3 Å². The van der Waals surface area contributed by atoms with Gasteiger partial charge in [0.15, 0.2) is 0 Å². The van der Waals surface area contributed by atoms with Gasteiger partial charge in [0.2, 0.25) is 5.91 Å². The van der Waals surface area contributed by atoms with Gasteiger partial charge in [0.25, 0.3) is 0 Å². The van der Waals surface area contributed by atoms with Gasteiger partial charge in [-0.2, -0.15) is 0 Å². The van der Waals surface area contributed by atoms with Crippen LogP contribution in [0.3, 0.4) is 0 Å². The molecule has 1 unspecified atom stereocenters. The van der Waals surface area contributed by atoms with E-state index in [0.717, 1.165) is 18.4 Å². The van der Waals surface area contributed by atoms with Gasteiger partial charge in [-0.15, -0.1) is 0 Å². The molecule has 0 saturated heterocycles. The maximum atomic E-state index is 12.6. The molecular formula is C16H16ClNO3. The van der Waals surface area contributed by atoms with Crippen LogP contribution in [0.5, 0.6) is 0 Å². The van der Waals surface area contributed by atoms with Crippen LogP contribution in [0.2, 0.25) is 5.02 Å². The van der Waals surface area contributed by atoms with Crippen LogP contribution < -0.4 is 5.32 Å². The molecular weight excluding hydrogens is 290 g/mol. The Bertz CT molecular complexity index is 617. The van der Waals surface area contributed by atoms with Gasteiger partial charge in [-0.05, 0) is 42.7 Å². The summed E-state index contributed by atoms with van der Waals surface area (Å²) < 4.78 is 5.25. The van der Waals surface area contributed by atoms with Crippen molar-refractivity contribution in [2.75, 3.05) is 6.61 Å². The molecule has 0 aliphatic heterocycles. The lowest BCUT2D eigenvalue weighted by Crippen LogP contribution is -2.38.